The van der Waals surface area contributed by atoms with Crippen LogP contribution in [0.5, 0.6) is 0 Å². The monoisotopic (exact) mass is 222 g/mol. The van der Waals surface area contributed by atoms with Crippen LogP contribution in [0.25, 0.3) is 0 Å². The van der Waals surface area contributed by atoms with Gasteiger partial charge in [-0.1, -0.05) is 0 Å². The van der Waals surface area contributed by atoms with Crippen LogP contribution in [0.3, 0.4) is 0 Å². The molecule has 2 amide bonds. The number of aromatic amines is 1. The molecule has 0 aromatic carbocycles. The van der Waals surface area contributed by atoms with Gasteiger partial charge >= 0.3 is 0 Å². The fraction of sp³-hybridized carbons (Fsp3) is 0.500. The van der Waals surface area contributed by atoms with Crippen molar-refractivity contribution >= 4 is 12.3 Å². The minimum Gasteiger partial charge on any atom is -0.342 e. The summed E-state index contributed by atoms with van der Waals surface area (Å²) in [5, 5.41) is 6.56. The Labute approximate surface area is 93.2 Å². The first-order valence-electron chi connectivity index (χ1n) is 5.25. The van der Waals surface area contributed by atoms with Crippen molar-refractivity contribution in [3.63, 3.8) is 0 Å². The first-order valence-corrected chi connectivity index (χ1v) is 5.25. The molecule has 0 spiro atoms. The molecule has 86 valence electrons. The first kappa shape index (κ1) is 10.7. The van der Waals surface area contributed by atoms with Crippen LogP contribution in [0.4, 0.5) is 0 Å². The molecule has 0 saturated carbocycles. The molecule has 1 aliphatic rings. The summed E-state index contributed by atoms with van der Waals surface area (Å²) in [6.45, 7) is 2.48. The van der Waals surface area contributed by atoms with Crippen LogP contribution in [0.1, 0.15) is 5.69 Å². The maximum absolute atomic E-state index is 11.8. The Morgan fingerprint density at radius 3 is 2.75 bits per heavy atom. The third-order valence-corrected chi connectivity index (χ3v) is 2.72. The molecule has 1 fully saturated rings. The number of amides is 2. The van der Waals surface area contributed by atoms with Crippen LogP contribution in [0.15, 0.2) is 12.3 Å². The van der Waals surface area contributed by atoms with Gasteiger partial charge in [-0.2, -0.15) is 5.10 Å². The molecule has 0 atom stereocenters. The van der Waals surface area contributed by atoms with Gasteiger partial charge in [0.25, 0.3) is 0 Å². The molecule has 1 aromatic rings. The van der Waals surface area contributed by atoms with E-state index in [0.29, 0.717) is 32.6 Å². The number of aromatic nitrogens is 2. The minimum atomic E-state index is 0.0785. The van der Waals surface area contributed by atoms with Gasteiger partial charge in [0.05, 0.1) is 6.42 Å². The van der Waals surface area contributed by atoms with Crippen molar-refractivity contribution in [2.75, 3.05) is 26.2 Å². The number of piperazine rings is 1. The molecule has 0 aliphatic carbocycles. The van der Waals surface area contributed by atoms with Crippen molar-refractivity contribution in [1.82, 2.24) is 20.0 Å². The van der Waals surface area contributed by atoms with Crippen LogP contribution < -0.4 is 0 Å². The molecular weight excluding hydrogens is 208 g/mol. The molecule has 16 heavy (non-hydrogen) atoms. The van der Waals surface area contributed by atoms with Crippen LogP contribution in [0.2, 0.25) is 0 Å². The number of carbonyl (C=O) groups is 2. The molecule has 6 nitrogen and oxygen atoms in total. The number of hydrogen-bond acceptors (Lipinski definition) is 3. The number of hydrogen-bond donors (Lipinski definition) is 1. The molecule has 0 bridgehead atoms. The van der Waals surface area contributed by atoms with E-state index >= 15 is 0 Å². The van der Waals surface area contributed by atoms with Gasteiger partial charge < -0.3 is 9.80 Å². The maximum atomic E-state index is 11.8. The fourth-order valence-electron chi connectivity index (χ4n) is 1.73. The van der Waals surface area contributed by atoms with Crippen molar-refractivity contribution in [3.05, 3.63) is 18.0 Å². The summed E-state index contributed by atoms with van der Waals surface area (Å²) < 4.78 is 0. The van der Waals surface area contributed by atoms with Crippen LogP contribution in [0, 0.1) is 0 Å². The summed E-state index contributed by atoms with van der Waals surface area (Å²) in [6, 6.07) is 1.79. The van der Waals surface area contributed by atoms with Crippen molar-refractivity contribution in [1.29, 1.82) is 0 Å². The highest BCUT2D eigenvalue weighted by molar-refractivity contribution is 5.78. The summed E-state index contributed by atoms with van der Waals surface area (Å²) in [5.41, 5.74) is 0.822. The predicted octanol–water partition coefficient (Wildman–Crippen LogP) is -0.747. The van der Waals surface area contributed by atoms with E-state index in [-0.39, 0.29) is 5.91 Å². The standard InChI is InChI=1S/C10H14N4O2/c15-8-13-3-5-14(6-4-13)10(16)7-9-1-2-11-12-9/h1-2,8H,3-7H2,(H,11,12). The van der Waals surface area contributed by atoms with Gasteiger partial charge in [0, 0.05) is 38.1 Å². The van der Waals surface area contributed by atoms with Gasteiger partial charge in [0.2, 0.25) is 12.3 Å². The number of nitrogens with zero attached hydrogens (tertiary/aromatic N) is 3. The van der Waals surface area contributed by atoms with E-state index < -0.39 is 0 Å². The summed E-state index contributed by atoms with van der Waals surface area (Å²) in [6.07, 6.45) is 2.81. The molecule has 0 radical (unpaired) electrons. The lowest BCUT2D eigenvalue weighted by Gasteiger charge is -2.32. The second-order valence-corrected chi connectivity index (χ2v) is 3.78. The Morgan fingerprint density at radius 1 is 1.44 bits per heavy atom. The fourth-order valence-corrected chi connectivity index (χ4v) is 1.73. The summed E-state index contributed by atoms with van der Waals surface area (Å²) in [5.74, 6) is 0.0785. The van der Waals surface area contributed by atoms with Crippen LogP contribution in [-0.4, -0.2) is 58.5 Å². The lowest BCUT2D eigenvalue weighted by molar-refractivity contribution is -0.134. The zero-order valence-corrected chi connectivity index (χ0v) is 8.93. The normalized spacial score (nSPS) is 16.2. The van der Waals surface area contributed by atoms with Crippen molar-refractivity contribution in [3.8, 4) is 0 Å². The third-order valence-electron chi connectivity index (χ3n) is 2.72. The SMILES string of the molecule is O=CN1CCN(C(=O)Cc2ccn[nH]2)CC1. The quantitative estimate of drug-likeness (QED) is 0.684. The number of nitrogens with one attached hydrogen (secondary N) is 1. The zero-order chi connectivity index (χ0) is 11.4. The average molecular weight is 222 g/mol. The topological polar surface area (TPSA) is 69.3 Å². The second-order valence-electron chi connectivity index (χ2n) is 3.78. The summed E-state index contributed by atoms with van der Waals surface area (Å²) in [7, 11) is 0. The molecule has 1 aliphatic heterocycles. The Kier molecular flexibility index (Phi) is 3.19. The van der Waals surface area contributed by atoms with Gasteiger partial charge in [0.1, 0.15) is 0 Å². The van der Waals surface area contributed by atoms with Crippen molar-refractivity contribution in [2.24, 2.45) is 0 Å². The van der Waals surface area contributed by atoms with E-state index in [1.807, 2.05) is 0 Å². The highest BCUT2D eigenvalue weighted by Crippen LogP contribution is 2.03. The van der Waals surface area contributed by atoms with Crippen molar-refractivity contribution in [2.45, 2.75) is 6.42 Å². The average Bonchev–Trinajstić information content (AvgIpc) is 2.82. The smallest absolute Gasteiger partial charge is 0.228 e. The molecule has 0 unspecified atom stereocenters. The largest absolute Gasteiger partial charge is 0.342 e. The first-order chi connectivity index (χ1) is 7.79. The Morgan fingerprint density at radius 2 is 2.19 bits per heavy atom. The van der Waals surface area contributed by atoms with Gasteiger partial charge in [-0.3, -0.25) is 14.7 Å². The molecule has 2 rings (SSSR count). The third kappa shape index (κ3) is 2.39. The highest BCUT2D eigenvalue weighted by atomic mass is 16.2. The lowest BCUT2D eigenvalue weighted by atomic mass is 10.2. The Hall–Kier alpha value is -1.85. The zero-order valence-electron chi connectivity index (χ0n) is 8.93. The van der Waals surface area contributed by atoms with Gasteiger partial charge in [-0.25, -0.2) is 0 Å². The van der Waals surface area contributed by atoms with E-state index in [1.54, 1.807) is 22.1 Å². The molecular formula is C10H14N4O2. The van der Waals surface area contributed by atoms with E-state index in [4.69, 9.17) is 0 Å². The summed E-state index contributed by atoms with van der Waals surface area (Å²) >= 11 is 0. The minimum absolute atomic E-state index is 0.0785. The van der Waals surface area contributed by atoms with Crippen LogP contribution in [-0.2, 0) is 16.0 Å². The number of carbonyl (C=O) groups excluding carboxylic acids is 2. The van der Waals surface area contributed by atoms with E-state index in [2.05, 4.69) is 10.2 Å². The summed E-state index contributed by atoms with van der Waals surface area (Å²) in [4.78, 5) is 25.8. The van der Waals surface area contributed by atoms with Gasteiger partial charge in [0.15, 0.2) is 0 Å². The lowest BCUT2D eigenvalue weighted by Crippen LogP contribution is -2.48. The van der Waals surface area contributed by atoms with E-state index in [9.17, 15) is 9.59 Å². The predicted molar refractivity (Wildman–Crippen MR) is 56.5 cm³/mol. The molecule has 2 heterocycles. The number of rotatable bonds is 3. The second kappa shape index (κ2) is 4.78. The van der Waals surface area contributed by atoms with E-state index in [0.717, 1.165) is 12.1 Å². The molecule has 1 aromatic heterocycles. The van der Waals surface area contributed by atoms with Crippen LogP contribution >= 0.6 is 0 Å². The highest BCUT2D eigenvalue weighted by Gasteiger charge is 2.20. The molecule has 1 N–H and O–H groups in total. The Bertz CT molecular complexity index is 355. The molecule has 1 saturated heterocycles. The van der Waals surface area contributed by atoms with Gasteiger partial charge in [-0.05, 0) is 6.07 Å². The van der Waals surface area contributed by atoms with Gasteiger partial charge in [-0.15, -0.1) is 0 Å². The maximum Gasteiger partial charge on any atom is 0.228 e. The van der Waals surface area contributed by atoms with E-state index in [1.165, 1.54) is 0 Å². The van der Waals surface area contributed by atoms with Crippen molar-refractivity contribution < 1.29 is 9.59 Å². The molecule has 6 heteroatoms. The Balaban J connectivity index is 1.84. The number of H-pyrrole nitrogens is 1.